The number of hydrogen-bond donors (Lipinski definition) is 7. The third-order valence-electron chi connectivity index (χ3n) is 6.60. The Morgan fingerprint density at radius 2 is 1.77 bits per heavy atom. The highest BCUT2D eigenvalue weighted by Crippen LogP contribution is 2.21. The van der Waals surface area contributed by atoms with Gasteiger partial charge in [0.2, 0.25) is 29.5 Å². The third kappa shape index (κ3) is 7.54. The quantitative estimate of drug-likeness (QED) is 0.152. The maximum Gasteiger partial charge on any atom is 0.326 e. The summed E-state index contributed by atoms with van der Waals surface area (Å²) in [5.41, 5.74) is 18.2. The van der Waals surface area contributed by atoms with Crippen LogP contribution in [0.25, 0.3) is 10.9 Å². The van der Waals surface area contributed by atoms with Gasteiger partial charge in [0, 0.05) is 30.1 Å². The van der Waals surface area contributed by atoms with E-state index < -0.39 is 66.1 Å². The zero-order valence-corrected chi connectivity index (χ0v) is 21.2. The molecule has 1 fully saturated rings. The van der Waals surface area contributed by atoms with Crippen molar-refractivity contribution in [2.24, 2.45) is 17.2 Å². The molecule has 14 nitrogen and oxygen atoms in total. The number of aromatic amines is 1. The van der Waals surface area contributed by atoms with Gasteiger partial charge < -0.3 is 42.8 Å². The number of para-hydroxylation sites is 1. The van der Waals surface area contributed by atoms with E-state index in [4.69, 9.17) is 17.2 Å². The minimum atomic E-state index is -1.56. The number of nitrogens with one attached hydrogen (secondary N) is 3. The molecular formula is C25H33N7O7. The van der Waals surface area contributed by atoms with Gasteiger partial charge in [-0.2, -0.15) is 0 Å². The summed E-state index contributed by atoms with van der Waals surface area (Å²) in [7, 11) is 0. The first-order chi connectivity index (χ1) is 18.5. The molecule has 0 spiro atoms. The summed E-state index contributed by atoms with van der Waals surface area (Å²) in [5.74, 6) is -5.09. The summed E-state index contributed by atoms with van der Waals surface area (Å²) in [6.45, 7) is 0.162. The molecule has 3 rings (SSSR count). The van der Waals surface area contributed by atoms with Crippen molar-refractivity contribution in [3.05, 3.63) is 36.0 Å². The number of carbonyl (C=O) groups excluding carboxylic acids is 5. The topological polar surface area (TPSA) is 244 Å². The van der Waals surface area contributed by atoms with Gasteiger partial charge in [-0.25, -0.2) is 4.79 Å². The zero-order valence-electron chi connectivity index (χ0n) is 21.2. The van der Waals surface area contributed by atoms with Crippen molar-refractivity contribution >= 4 is 46.4 Å². The first kappa shape index (κ1) is 29.1. The smallest absolute Gasteiger partial charge is 0.326 e. The van der Waals surface area contributed by atoms with E-state index in [0.29, 0.717) is 6.42 Å². The maximum atomic E-state index is 13.5. The van der Waals surface area contributed by atoms with Crippen molar-refractivity contribution in [1.29, 1.82) is 0 Å². The monoisotopic (exact) mass is 543 g/mol. The summed E-state index contributed by atoms with van der Waals surface area (Å²) in [6, 6.07) is 2.69. The maximum absolute atomic E-state index is 13.5. The number of aromatic nitrogens is 1. The Hall–Kier alpha value is -4.46. The number of aliphatic carboxylic acids is 1. The first-order valence-corrected chi connectivity index (χ1v) is 12.5. The van der Waals surface area contributed by atoms with E-state index in [1.165, 1.54) is 4.90 Å². The molecule has 2 aromatic rings. The van der Waals surface area contributed by atoms with Crippen LogP contribution in [0.1, 0.15) is 37.7 Å². The minimum absolute atomic E-state index is 0.121. The number of hydrogen-bond acceptors (Lipinski definition) is 7. The first-order valence-electron chi connectivity index (χ1n) is 12.5. The van der Waals surface area contributed by atoms with Crippen LogP contribution >= 0.6 is 0 Å². The lowest BCUT2D eigenvalue weighted by atomic mass is 10.0. The van der Waals surface area contributed by atoms with Gasteiger partial charge >= 0.3 is 5.97 Å². The summed E-state index contributed by atoms with van der Waals surface area (Å²) < 4.78 is 0. The van der Waals surface area contributed by atoms with Crippen LogP contribution in [0.15, 0.2) is 30.5 Å². The number of carboxylic acids is 1. The number of benzene rings is 1. The standard InChI is InChI=1S/C25H33N7O7/c26-15(10-13-12-29-16-5-2-1-4-14(13)16)22(35)30-17(7-8-20(27)33)24(37)32-9-3-6-19(32)23(36)31-18(25(38)39)11-21(28)34/h1-2,4-5,12,15,17-19,29H,3,6-11,26H2,(H2,27,33)(H2,28,34)(H,30,35)(H,31,36)(H,38,39). The summed E-state index contributed by atoms with van der Waals surface area (Å²) in [4.78, 5) is 77.7. The number of likely N-dealkylation sites (tertiary alicyclic amines) is 1. The highest BCUT2D eigenvalue weighted by atomic mass is 16.4. The third-order valence-corrected chi connectivity index (χ3v) is 6.60. The molecule has 1 aromatic carbocycles. The number of primary amides is 2. The number of carbonyl (C=O) groups is 6. The van der Waals surface area contributed by atoms with E-state index in [9.17, 15) is 33.9 Å². The van der Waals surface area contributed by atoms with Crippen molar-refractivity contribution in [2.75, 3.05) is 6.54 Å². The molecule has 0 aliphatic carbocycles. The highest BCUT2D eigenvalue weighted by molar-refractivity contribution is 5.95. The molecule has 5 amide bonds. The number of nitrogens with two attached hydrogens (primary N) is 3. The molecule has 1 aliphatic heterocycles. The van der Waals surface area contributed by atoms with Crippen molar-refractivity contribution < 1.29 is 33.9 Å². The molecule has 2 heterocycles. The van der Waals surface area contributed by atoms with Gasteiger partial charge in [-0.1, -0.05) is 18.2 Å². The van der Waals surface area contributed by atoms with Gasteiger partial charge in [-0.15, -0.1) is 0 Å². The molecule has 4 unspecified atom stereocenters. The second-order valence-electron chi connectivity index (χ2n) is 9.50. The molecule has 0 radical (unpaired) electrons. The molecule has 1 saturated heterocycles. The second-order valence-corrected chi connectivity index (χ2v) is 9.50. The van der Waals surface area contributed by atoms with Gasteiger partial charge in [0.15, 0.2) is 0 Å². The van der Waals surface area contributed by atoms with E-state index in [0.717, 1.165) is 16.5 Å². The van der Waals surface area contributed by atoms with Gasteiger partial charge in [-0.3, -0.25) is 24.0 Å². The number of carboxylic acid groups (broad SMARTS) is 1. The van der Waals surface area contributed by atoms with Crippen LogP contribution in [-0.4, -0.2) is 81.2 Å². The van der Waals surface area contributed by atoms with E-state index in [2.05, 4.69) is 15.6 Å². The number of amides is 5. The van der Waals surface area contributed by atoms with Crippen LogP contribution in [0.5, 0.6) is 0 Å². The molecular weight excluding hydrogens is 510 g/mol. The molecule has 39 heavy (non-hydrogen) atoms. The van der Waals surface area contributed by atoms with Crippen molar-refractivity contribution in [3.63, 3.8) is 0 Å². The normalized spacial score (nSPS) is 17.3. The van der Waals surface area contributed by atoms with Crippen LogP contribution in [0.4, 0.5) is 0 Å². The molecule has 4 atom stereocenters. The molecule has 1 aliphatic rings. The summed E-state index contributed by atoms with van der Waals surface area (Å²) in [6.07, 6.45) is 1.66. The molecule has 1 aromatic heterocycles. The fraction of sp³-hybridized carbons (Fsp3) is 0.440. The fourth-order valence-corrected chi connectivity index (χ4v) is 4.63. The zero-order chi connectivity index (χ0) is 28.7. The predicted octanol–water partition coefficient (Wildman–Crippen LogP) is -1.78. The van der Waals surface area contributed by atoms with Crippen LogP contribution in [0.3, 0.4) is 0 Å². The average molecular weight is 544 g/mol. The number of nitrogens with zero attached hydrogens (tertiary/aromatic N) is 1. The van der Waals surface area contributed by atoms with Gasteiger partial charge in [0.1, 0.15) is 18.1 Å². The molecule has 0 saturated carbocycles. The second kappa shape index (κ2) is 12.9. The Morgan fingerprint density at radius 1 is 1.05 bits per heavy atom. The van der Waals surface area contributed by atoms with Crippen molar-refractivity contribution in [3.8, 4) is 0 Å². The lowest BCUT2D eigenvalue weighted by Gasteiger charge is -2.29. The predicted molar refractivity (Wildman–Crippen MR) is 138 cm³/mol. The van der Waals surface area contributed by atoms with Gasteiger partial charge in [0.25, 0.3) is 0 Å². The van der Waals surface area contributed by atoms with Crippen molar-refractivity contribution in [2.45, 2.75) is 62.7 Å². The number of H-pyrrole nitrogens is 1. The molecule has 10 N–H and O–H groups in total. The van der Waals surface area contributed by atoms with Crippen LogP contribution < -0.4 is 27.8 Å². The average Bonchev–Trinajstić information content (AvgIpc) is 3.53. The lowest BCUT2D eigenvalue weighted by Crippen LogP contribution is -2.57. The van der Waals surface area contributed by atoms with E-state index in [1.54, 1.807) is 6.20 Å². The van der Waals surface area contributed by atoms with Crippen LogP contribution in [-0.2, 0) is 35.2 Å². The largest absolute Gasteiger partial charge is 0.480 e. The van der Waals surface area contributed by atoms with Gasteiger partial charge in [-0.05, 0) is 37.3 Å². The molecule has 210 valence electrons. The van der Waals surface area contributed by atoms with E-state index in [1.807, 2.05) is 24.3 Å². The van der Waals surface area contributed by atoms with Crippen LogP contribution in [0.2, 0.25) is 0 Å². The van der Waals surface area contributed by atoms with Gasteiger partial charge in [0.05, 0.1) is 12.5 Å². The van der Waals surface area contributed by atoms with E-state index in [-0.39, 0.29) is 32.2 Å². The highest BCUT2D eigenvalue weighted by Gasteiger charge is 2.39. The Labute approximate surface area is 223 Å². The van der Waals surface area contributed by atoms with E-state index >= 15 is 0 Å². The Kier molecular flexibility index (Phi) is 9.60. The summed E-state index contributed by atoms with van der Waals surface area (Å²) in [5, 5.41) is 15.0. The summed E-state index contributed by atoms with van der Waals surface area (Å²) >= 11 is 0. The van der Waals surface area contributed by atoms with Crippen LogP contribution in [0, 0.1) is 0 Å². The lowest BCUT2D eigenvalue weighted by molar-refractivity contribution is -0.146. The fourth-order valence-electron chi connectivity index (χ4n) is 4.63. The van der Waals surface area contributed by atoms with Crippen molar-refractivity contribution in [1.82, 2.24) is 20.5 Å². The Bertz CT molecular complexity index is 1260. The minimum Gasteiger partial charge on any atom is -0.480 e. The SMILES string of the molecule is NC(=O)CCC(NC(=O)C(N)Cc1c[nH]c2ccccc12)C(=O)N1CCCC1C(=O)NC(CC(N)=O)C(=O)O. The molecule has 0 bridgehead atoms. The number of fused-ring (bicyclic) bond motifs is 1. The Morgan fingerprint density at radius 3 is 2.44 bits per heavy atom. The number of rotatable bonds is 13. The Balaban J connectivity index is 1.71. The molecule has 14 heteroatoms.